The molecule has 1 N–H and O–H groups in total. The van der Waals surface area contributed by atoms with Crippen molar-refractivity contribution in [3.8, 4) is 0 Å². The highest BCUT2D eigenvalue weighted by atomic mass is 32.1. The lowest BCUT2D eigenvalue weighted by molar-refractivity contribution is 0.100. The minimum atomic E-state index is -0.199. The molecule has 3 rings (SSSR count). The largest absolute Gasteiger partial charge is 0.303 e. The van der Waals surface area contributed by atoms with Crippen LogP contribution < -0.4 is 5.56 Å². The summed E-state index contributed by atoms with van der Waals surface area (Å²) in [7, 11) is 0. The van der Waals surface area contributed by atoms with E-state index in [2.05, 4.69) is 9.97 Å². The summed E-state index contributed by atoms with van der Waals surface area (Å²) in [5.74, 6) is -0.0310. The van der Waals surface area contributed by atoms with E-state index in [4.69, 9.17) is 0 Å². The molecule has 0 aliphatic heterocycles. The summed E-state index contributed by atoms with van der Waals surface area (Å²) < 4.78 is 0. The summed E-state index contributed by atoms with van der Waals surface area (Å²) in [5.41, 5.74) is 0.986. The van der Waals surface area contributed by atoms with Crippen molar-refractivity contribution < 1.29 is 4.79 Å². The summed E-state index contributed by atoms with van der Waals surface area (Å²) >= 11 is 1.56. The Morgan fingerprint density at radius 3 is 2.88 bits per heavy atom. The van der Waals surface area contributed by atoms with Crippen molar-refractivity contribution in [2.45, 2.75) is 32.6 Å². The lowest BCUT2D eigenvalue weighted by atomic mass is 9.97. The number of nitrogens with one attached hydrogen (secondary N) is 1. The molecule has 0 radical (unpaired) electrons. The Bertz CT molecular complexity index is 669. The minimum Gasteiger partial charge on any atom is -0.303 e. The average molecular weight is 248 g/mol. The highest BCUT2D eigenvalue weighted by Gasteiger charge is 2.20. The number of aryl methyl sites for hydroxylation is 2. The van der Waals surface area contributed by atoms with Gasteiger partial charge in [-0.3, -0.25) is 9.59 Å². The Kier molecular flexibility index (Phi) is 2.36. The number of aromatic amines is 1. The van der Waals surface area contributed by atoms with E-state index in [1.165, 1.54) is 18.2 Å². The third-order valence-electron chi connectivity index (χ3n) is 3.16. The maximum absolute atomic E-state index is 12.0. The van der Waals surface area contributed by atoms with E-state index in [1.54, 1.807) is 11.3 Å². The molecule has 1 aliphatic carbocycles. The van der Waals surface area contributed by atoms with Crippen molar-refractivity contribution in [1.29, 1.82) is 0 Å². The molecule has 2 aromatic heterocycles. The molecule has 2 aromatic rings. The maximum atomic E-state index is 12.0. The van der Waals surface area contributed by atoms with Gasteiger partial charge in [-0.05, 0) is 31.2 Å². The molecule has 0 unspecified atom stereocenters. The van der Waals surface area contributed by atoms with E-state index < -0.39 is 0 Å². The fourth-order valence-electron chi connectivity index (χ4n) is 2.33. The molecule has 0 fully saturated rings. The number of fused-ring (bicyclic) bond motifs is 3. The van der Waals surface area contributed by atoms with Crippen LogP contribution in [0.3, 0.4) is 0 Å². The summed E-state index contributed by atoms with van der Waals surface area (Å²) in [6.45, 7) is 1.41. The monoisotopic (exact) mass is 248 g/mol. The molecule has 88 valence electrons. The predicted molar refractivity (Wildman–Crippen MR) is 66.9 cm³/mol. The molecule has 5 heteroatoms. The van der Waals surface area contributed by atoms with Gasteiger partial charge in [0.2, 0.25) is 0 Å². The number of thiophene rings is 1. The number of nitrogens with zero attached hydrogens (tertiary/aromatic N) is 1. The van der Waals surface area contributed by atoms with Crippen LogP contribution in [-0.2, 0) is 12.8 Å². The van der Waals surface area contributed by atoms with Crippen LogP contribution in [0.15, 0.2) is 4.79 Å². The van der Waals surface area contributed by atoms with E-state index in [1.807, 2.05) is 0 Å². The zero-order valence-electron chi connectivity index (χ0n) is 9.50. The van der Waals surface area contributed by atoms with Crippen molar-refractivity contribution in [2.24, 2.45) is 0 Å². The molecule has 0 atom stereocenters. The zero-order valence-corrected chi connectivity index (χ0v) is 10.3. The number of carbonyl (C=O) groups is 1. The molecule has 0 saturated heterocycles. The molecule has 2 heterocycles. The molecule has 0 amide bonds. The smallest absolute Gasteiger partial charge is 0.260 e. The van der Waals surface area contributed by atoms with Gasteiger partial charge >= 0.3 is 0 Å². The second-order valence-electron chi connectivity index (χ2n) is 4.36. The van der Waals surface area contributed by atoms with Crippen molar-refractivity contribution in [1.82, 2.24) is 9.97 Å². The average Bonchev–Trinajstić information content (AvgIpc) is 2.67. The fraction of sp³-hybridized carbons (Fsp3) is 0.417. The first-order valence-electron chi connectivity index (χ1n) is 5.72. The first-order chi connectivity index (χ1) is 8.16. The highest BCUT2D eigenvalue weighted by Crippen LogP contribution is 2.33. The molecule has 1 aliphatic rings. The van der Waals surface area contributed by atoms with Crippen molar-refractivity contribution in [3.63, 3.8) is 0 Å². The number of rotatable bonds is 1. The van der Waals surface area contributed by atoms with Gasteiger partial charge in [0.15, 0.2) is 11.6 Å². The molecule has 0 saturated carbocycles. The number of H-pyrrole nitrogens is 1. The van der Waals surface area contributed by atoms with Crippen LogP contribution in [0.1, 0.15) is 40.8 Å². The summed E-state index contributed by atoms with van der Waals surface area (Å²) in [6.07, 6.45) is 4.30. The lowest BCUT2D eigenvalue weighted by Gasteiger charge is -2.09. The Morgan fingerprint density at radius 2 is 2.12 bits per heavy atom. The minimum absolute atomic E-state index is 0.167. The standard InChI is InChI=1S/C12H12N2O2S/c1-6(15)10-13-11(16)9-7-4-2-3-5-8(7)17-12(9)14-10/h2-5H2,1H3,(H,13,14,16). The van der Waals surface area contributed by atoms with Crippen LogP contribution in [0.5, 0.6) is 0 Å². The number of hydrogen-bond donors (Lipinski definition) is 1. The Balaban J connectivity index is 2.34. The lowest BCUT2D eigenvalue weighted by Crippen LogP contribution is -2.15. The summed E-state index contributed by atoms with van der Waals surface area (Å²) in [4.78, 5) is 32.1. The third-order valence-corrected chi connectivity index (χ3v) is 4.34. The Hall–Kier alpha value is -1.49. The molecule has 4 nitrogen and oxygen atoms in total. The third kappa shape index (κ3) is 1.61. The molecule has 17 heavy (non-hydrogen) atoms. The van der Waals surface area contributed by atoms with E-state index in [0.717, 1.165) is 24.8 Å². The number of aromatic nitrogens is 2. The van der Waals surface area contributed by atoms with Crippen molar-refractivity contribution >= 4 is 27.3 Å². The van der Waals surface area contributed by atoms with Gasteiger partial charge in [0.1, 0.15) is 4.83 Å². The fourth-order valence-corrected chi connectivity index (χ4v) is 3.59. The second-order valence-corrected chi connectivity index (χ2v) is 5.45. The Morgan fingerprint density at radius 1 is 1.35 bits per heavy atom. The number of Topliss-reactive ketones (excluding diaryl/α,β-unsaturated/α-hetero) is 1. The number of hydrogen-bond acceptors (Lipinski definition) is 4. The zero-order chi connectivity index (χ0) is 12.0. The van der Waals surface area contributed by atoms with Crippen LogP contribution in [0.4, 0.5) is 0 Å². The van der Waals surface area contributed by atoms with Crippen LogP contribution in [-0.4, -0.2) is 15.8 Å². The van der Waals surface area contributed by atoms with Gasteiger partial charge in [0.25, 0.3) is 5.56 Å². The van der Waals surface area contributed by atoms with Gasteiger partial charge in [-0.1, -0.05) is 0 Å². The first-order valence-corrected chi connectivity index (χ1v) is 6.54. The van der Waals surface area contributed by atoms with Crippen molar-refractivity contribution in [2.75, 3.05) is 0 Å². The van der Waals surface area contributed by atoms with Crippen LogP contribution in [0.2, 0.25) is 0 Å². The van der Waals surface area contributed by atoms with E-state index >= 15 is 0 Å². The van der Waals surface area contributed by atoms with E-state index in [-0.39, 0.29) is 17.2 Å². The predicted octanol–water partition coefficient (Wildman–Crippen LogP) is 2.07. The van der Waals surface area contributed by atoms with E-state index in [0.29, 0.717) is 10.2 Å². The number of carbonyl (C=O) groups excluding carboxylic acids is 1. The van der Waals surface area contributed by atoms with Gasteiger partial charge < -0.3 is 4.98 Å². The van der Waals surface area contributed by atoms with Gasteiger partial charge in [-0.15, -0.1) is 11.3 Å². The number of ketones is 1. The topological polar surface area (TPSA) is 62.8 Å². The van der Waals surface area contributed by atoms with Crippen molar-refractivity contribution in [3.05, 3.63) is 26.6 Å². The van der Waals surface area contributed by atoms with Crippen LogP contribution in [0, 0.1) is 0 Å². The maximum Gasteiger partial charge on any atom is 0.260 e. The first kappa shape index (κ1) is 10.7. The van der Waals surface area contributed by atoms with Gasteiger partial charge in [0.05, 0.1) is 5.39 Å². The van der Waals surface area contributed by atoms with Gasteiger partial charge in [-0.2, -0.15) is 0 Å². The normalized spacial score (nSPS) is 14.9. The quantitative estimate of drug-likeness (QED) is 0.786. The Labute approximate surface area is 102 Å². The molecular formula is C12H12N2O2S. The molecule has 0 aromatic carbocycles. The van der Waals surface area contributed by atoms with Crippen LogP contribution in [0.25, 0.3) is 10.2 Å². The molecule has 0 spiro atoms. The van der Waals surface area contributed by atoms with Crippen LogP contribution >= 0.6 is 11.3 Å². The summed E-state index contributed by atoms with van der Waals surface area (Å²) in [5, 5.41) is 0.703. The summed E-state index contributed by atoms with van der Waals surface area (Å²) in [6, 6.07) is 0. The highest BCUT2D eigenvalue weighted by molar-refractivity contribution is 7.18. The van der Waals surface area contributed by atoms with Gasteiger partial charge in [-0.25, -0.2) is 4.98 Å². The van der Waals surface area contributed by atoms with Gasteiger partial charge in [0, 0.05) is 11.8 Å². The molecular weight excluding hydrogens is 236 g/mol. The van der Waals surface area contributed by atoms with E-state index in [9.17, 15) is 9.59 Å². The molecule has 0 bridgehead atoms. The SMILES string of the molecule is CC(=O)c1nc2sc3c(c2c(=O)[nH]1)CCCC3. The second kappa shape index (κ2) is 3.77.